The first kappa shape index (κ1) is 19.4. The normalized spacial score (nSPS) is 17.3. The summed E-state index contributed by atoms with van der Waals surface area (Å²) >= 11 is 0. The Kier molecular flexibility index (Phi) is 6.33. The first-order chi connectivity index (χ1) is 14.3. The summed E-state index contributed by atoms with van der Waals surface area (Å²) < 4.78 is 16.2. The van der Waals surface area contributed by atoms with Crippen molar-refractivity contribution in [2.24, 2.45) is 0 Å². The van der Waals surface area contributed by atoms with E-state index in [1.165, 1.54) is 5.56 Å². The van der Waals surface area contributed by atoms with Crippen LogP contribution in [0.1, 0.15) is 17.9 Å². The predicted octanol–water partition coefficient (Wildman–Crippen LogP) is 2.28. The fourth-order valence-corrected chi connectivity index (χ4v) is 3.29. The van der Waals surface area contributed by atoms with Gasteiger partial charge in [-0.05, 0) is 17.7 Å². The maximum atomic E-state index is 12.2. The second kappa shape index (κ2) is 9.49. The standard InChI is InChI=1S/C21H24N4O4/c26-19(8-9-20-23-21(24-29-20)18-7-4-11-28-18)22-13-17-15-25(10-12-27-17)14-16-5-2-1-3-6-16/h1-7,11,17H,8-10,12-15H2,(H,22,26). The molecule has 3 aromatic rings. The van der Waals surface area contributed by atoms with Crippen LogP contribution in [0, 0.1) is 0 Å². The highest BCUT2D eigenvalue weighted by Crippen LogP contribution is 2.16. The molecule has 1 atom stereocenters. The van der Waals surface area contributed by atoms with Crippen LogP contribution in [0.3, 0.4) is 0 Å². The zero-order valence-electron chi connectivity index (χ0n) is 16.1. The Hall–Kier alpha value is -2.97. The Balaban J connectivity index is 1.18. The molecule has 0 spiro atoms. The van der Waals surface area contributed by atoms with E-state index >= 15 is 0 Å². The van der Waals surface area contributed by atoms with Gasteiger partial charge in [-0.1, -0.05) is 35.5 Å². The van der Waals surface area contributed by atoms with Gasteiger partial charge in [-0.3, -0.25) is 9.69 Å². The number of carbonyl (C=O) groups excluding carboxylic acids is 1. The number of ether oxygens (including phenoxy) is 1. The molecule has 1 fully saturated rings. The molecule has 0 aliphatic carbocycles. The first-order valence-electron chi connectivity index (χ1n) is 9.77. The van der Waals surface area contributed by atoms with Crippen molar-refractivity contribution in [3.8, 4) is 11.6 Å². The zero-order chi connectivity index (χ0) is 19.9. The maximum absolute atomic E-state index is 12.2. The van der Waals surface area contributed by atoms with Gasteiger partial charge in [0.25, 0.3) is 0 Å². The van der Waals surface area contributed by atoms with E-state index in [2.05, 4.69) is 44.6 Å². The molecule has 1 aliphatic heterocycles. The Morgan fingerprint density at radius 1 is 1.21 bits per heavy atom. The van der Waals surface area contributed by atoms with E-state index in [1.54, 1.807) is 18.4 Å². The molecule has 29 heavy (non-hydrogen) atoms. The van der Waals surface area contributed by atoms with Gasteiger partial charge in [-0.25, -0.2) is 0 Å². The van der Waals surface area contributed by atoms with Crippen LogP contribution in [0.4, 0.5) is 0 Å². The summed E-state index contributed by atoms with van der Waals surface area (Å²) in [6.07, 6.45) is 2.20. The van der Waals surface area contributed by atoms with E-state index in [1.807, 2.05) is 6.07 Å². The van der Waals surface area contributed by atoms with Crippen LogP contribution < -0.4 is 5.32 Å². The van der Waals surface area contributed by atoms with Gasteiger partial charge in [0.05, 0.1) is 19.0 Å². The molecule has 8 nitrogen and oxygen atoms in total. The highest BCUT2D eigenvalue weighted by atomic mass is 16.5. The van der Waals surface area contributed by atoms with E-state index in [9.17, 15) is 4.79 Å². The van der Waals surface area contributed by atoms with Crippen molar-refractivity contribution >= 4 is 5.91 Å². The molecular formula is C21H24N4O4. The van der Waals surface area contributed by atoms with E-state index in [-0.39, 0.29) is 18.4 Å². The lowest BCUT2D eigenvalue weighted by Crippen LogP contribution is -2.47. The number of carbonyl (C=O) groups is 1. The fraction of sp³-hybridized carbons (Fsp3) is 0.381. The second-order valence-electron chi connectivity index (χ2n) is 7.01. The number of hydrogen-bond donors (Lipinski definition) is 1. The summed E-state index contributed by atoms with van der Waals surface area (Å²) in [7, 11) is 0. The first-order valence-corrected chi connectivity index (χ1v) is 9.77. The minimum absolute atomic E-state index is 0.00891. The molecule has 1 N–H and O–H groups in total. The van der Waals surface area contributed by atoms with Gasteiger partial charge >= 0.3 is 0 Å². The van der Waals surface area contributed by atoms with Gasteiger partial charge in [0, 0.05) is 39.0 Å². The van der Waals surface area contributed by atoms with Crippen LogP contribution in [0.25, 0.3) is 11.6 Å². The molecule has 2 aromatic heterocycles. The van der Waals surface area contributed by atoms with Crippen molar-refractivity contribution in [2.75, 3.05) is 26.2 Å². The van der Waals surface area contributed by atoms with Crippen molar-refractivity contribution in [1.29, 1.82) is 0 Å². The molecule has 1 unspecified atom stereocenters. The molecule has 8 heteroatoms. The minimum Gasteiger partial charge on any atom is -0.461 e. The van der Waals surface area contributed by atoms with E-state index in [0.29, 0.717) is 37.0 Å². The molecule has 1 amide bonds. The highest BCUT2D eigenvalue weighted by Gasteiger charge is 2.21. The Morgan fingerprint density at radius 3 is 2.93 bits per heavy atom. The molecule has 152 valence electrons. The summed E-state index contributed by atoms with van der Waals surface area (Å²) in [5.74, 6) is 1.28. The molecule has 4 rings (SSSR count). The Bertz CT molecular complexity index is 895. The van der Waals surface area contributed by atoms with Crippen LogP contribution in [0.5, 0.6) is 0 Å². The molecule has 1 aliphatic rings. The number of nitrogens with zero attached hydrogens (tertiary/aromatic N) is 3. The monoisotopic (exact) mass is 396 g/mol. The number of morpholine rings is 1. The van der Waals surface area contributed by atoms with E-state index < -0.39 is 0 Å². The topological polar surface area (TPSA) is 93.6 Å². The molecular weight excluding hydrogens is 372 g/mol. The zero-order valence-corrected chi connectivity index (χ0v) is 16.1. The van der Waals surface area contributed by atoms with Crippen LogP contribution in [-0.4, -0.2) is 53.3 Å². The summed E-state index contributed by atoms with van der Waals surface area (Å²) in [5.41, 5.74) is 1.28. The van der Waals surface area contributed by atoms with Gasteiger partial charge < -0.3 is 19.0 Å². The van der Waals surface area contributed by atoms with Crippen LogP contribution in [0.15, 0.2) is 57.7 Å². The number of benzene rings is 1. The van der Waals surface area contributed by atoms with Gasteiger partial charge in [0.1, 0.15) is 0 Å². The number of amides is 1. The second-order valence-corrected chi connectivity index (χ2v) is 7.01. The molecule has 3 heterocycles. The third-order valence-corrected chi connectivity index (χ3v) is 4.77. The number of furan rings is 1. The molecule has 1 saturated heterocycles. The summed E-state index contributed by atoms with van der Waals surface area (Å²) in [4.78, 5) is 18.8. The van der Waals surface area contributed by atoms with Crippen molar-refractivity contribution in [3.05, 3.63) is 60.2 Å². The largest absolute Gasteiger partial charge is 0.461 e. The average Bonchev–Trinajstić information content (AvgIpc) is 3.43. The maximum Gasteiger partial charge on any atom is 0.238 e. The molecule has 0 bridgehead atoms. The van der Waals surface area contributed by atoms with Gasteiger partial charge in [0.2, 0.25) is 17.6 Å². The van der Waals surface area contributed by atoms with Crippen molar-refractivity contribution in [3.63, 3.8) is 0 Å². The Labute approximate surface area is 168 Å². The van der Waals surface area contributed by atoms with Crippen LogP contribution in [-0.2, 0) is 22.5 Å². The van der Waals surface area contributed by atoms with E-state index in [4.69, 9.17) is 13.7 Å². The number of aromatic nitrogens is 2. The Morgan fingerprint density at radius 2 is 2.10 bits per heavy atom. The molecule has 0 saturated carbocycles. The number of aryl methyl sites for hydroxylation is 1. The third-order valence-electron chi connectivity index (χ3n) is 4.77. The summed E-state index contributed by atoms with van der Waals surface area (Å²) in [5, 5.41) is 6.80. The number of rotatable bonds is 8. The highest BCUT2D eigenvalue weighted by molar-refractivity contribution is 5.76. The lowest BCUT2D eigenvalue weighted by molar-refractivity contribution is -0.122. The third kappa shape index (κ3) is 5.52. The minimum atomic E-state index is -0.0634. The SMILES string of the molecule is O=C(CCc1nc(-c2ccco2)no1)NCC1CN(Cc2ccccc2)CCO1. The predicted molar refractivity (Wildman–Crippen MR) is 105 cm³/mol. The van der Waals surface area contributed by atoms with Crippen molar-refractivity contribution in [1.82, 2.24) is 20.4 Å². The van der Waals surface area contributed by atoms with Gasteiger partial charge in [0.15, 0.2) is 5.76 Å². The smallest absolute Gasteiger partial charge is 0.238 e. The van der Waals surface area contributed by atoms with Crippen molar-refractivity contribution < 1.29 is 18.5 Å². The van der Waals surface area contributed by atoms with Gasteiger partial charge in [-0.2, -0.15) is 4.98 Å². The number of hydrogen-bond acceptors (Lipinski definition) is 7. The van der Waals surface area contributed by atoms with Crippen LogP contribution >= 0.6 is 0 Å². The average molecular weight is 396 g/mol. The van der Waals surface area contributed by atoms with Crippen LogP contribution in [0.2, 0.25) is 0 Å². The summed E-state index contributed by atoms with van der Waals surface area (Å²) in [6.45, 7) is 3.75. The lowest BCUT2D eigenvalue weighted by atomic mass is 10.2. The summed E-state index contributed by atoms with van der Waals surface area (Å²) in [6, 6.07) is 13.9. The number of nitrogens with one attached hydrogen (secondary N) is 1. The molecule has 0 radical (unpaired) electrons. The fourth-order valence-electron chi connectivity index (χ4n) is 3.29. The van der Waals surface area contributed by atoms with Crippen molar-refractivity contribution in [2.45, 2.75) is 25.5 Å². The molecule has 1 aromatic carbocycles. The quantitative estimate of drug-likeness (QED) is 0.624. The van der Waals surface area contributed by atoms with E-state index in [0.717, 1.165) is 19.6 Å². The lowest BCUT2D eigenvalue weighted by Gasteiger charge is -2.33. The van der Waals surface area contributed by atoms with Gasteiger partial charge in [-0.15, -0.1) is 0 Å².